The number of carbonyl (C=O) groups is 2. The smallest absolute Gasteiger partial charge is 0.256 e. The number of hydrogen-bond donors (Lipinski definition) is 1. The molecule has 0 aliphatic carbocycles. The topological polar surface area (TPSA) is 58.6 Å². The van der Waals surface area contributed by atoms with Crippen LogP contribution in [0.15, 0.2) is 36.4 Å². The van der Waals surface area contributed by atoms with Gasteiger partial charge in [0, 0.05) is 16.8 Å². The molecule has 1 saturated heterocycles. The van der Waals surface area contributed by atoms with Crippen LogP contribution in [0.3, 0.4) is 0 Å². The fourth-order valence-electron chi connectivity index (χ4n) is 2.92. The molecule has 0 spiro atoms. The summed E-state index contributed by atoms with van der Waals surface area (Å²) in [5.74, 6) is -0.171. The summed E-state index contributed by atoms with van der Waals surface area (Å²) in [6, 6.07) is 10.4. The van der Waals surface area contributed by atoms with Crippen LogP contribution < -0.4 is 15.0 Å². The molecule has 130 valence electrons. The van der Waals surface area contributed by atoms with E-state index in [1.165, 1.54) is 12.0 Å². The van der Waals surface area contributed by atoms with Gasteiger partial charge in [0.15, 0.2) is 0 Å². The van der Waals surface area contributed by atoms with E-state index < -0.39 is 6.04 Å². The monoisotopic (exact) mass is 358 g/mol. The zero-order valence-corrected chi connectivity index (χ0v) is 15.1. The molecule has 1 N–H and O–H groups in total. The van der Waals surface area contributed by atoms with Crippen molar-refractivity contribution >= 4 is 34.8 Å². The van der Waals surface area contributed by atoms with Gasteiger partial charge in [-0.05, 0) is 43.2 Å². The van der Waals surface area contributed by atoms with E-state index in [1.807, 2.05) is 38.1 Å². The maximum atomic E-state index is 12.8. The van der Waals surface area contributed by atoms with Gasteiger partial charge in [-0.15, -0.1) is 0 Å². The number of halogens is 1. The minimum absolute atomic E-state index is 0.0948. The van der Waals surface area contributed by atoms with Crippen LogP contribution >= 0.6 is 11.6 Å². The van der Waals surface area contributed by atoms with Crippen molar-refractivity contribution < 1.29 is 14.3 Å². The van der Waals surface area contributed by atoms with E-state index in [4.69, 9.17) is 16.3 Å². The first-order valence-electron chi connectivity index (χ1n) is 7.95. The first kappa shape index (κ1) is 17.3. The Hall–Kier alpha value is -2.53. The summed E-state index contributed by atoms with van der Waals surface area (Å²) < 4.78 is 5.31. The van der Waals surface area contributed by atoms with E-state index >= 15 is 0 Å². The molecule has 0 unspecified atom stereocenters. The summed E-state index contributed by atoms with van der Waals surface area (Å²) in [6.45, 7) is 3.79. The summed E-state index contributed by atoms with van der Waals surface area (Å²) in [5, 5.41) is 3.67. The first-order chi connectivity index (χ1) is 11.9. The number of aryl methyl sites for hydroxylation is 2. The second kappa shape index (κ2) is 6.76. The van der Waals surface area contributed by atoms with E-state index in [-0.39, 0.29) is 18.2 Å². The highest BCUT2D eigenvalue weighted by molar-refractivity contribution is 6.32. The predicted octanol–water partition coefficient (Wildman–Crippen LogP) is 3.71. The lowest BCUT2D eigenvalue weighted by molar-refractivity contribution is -0.121. The van der Waals surface area contributed by atoms with E-state index in [9.17, 15) is 9.59 Å². The Morgan fingerprint density at radius 3 is 2.64 bits per heavy atom. The number of carbonyl (C=O) groups excluding carboxylic acids is 2. The second-order valence-corrected chi connectivity index (χ2v) is 6.52. The molecular formula is C19H19ClN2O3. The minimum Gasteiger partial charge on any atom is -0.495 e. The van der Waals surface area contributed by atoms with Crippen LogP contribution in [0.5, 0.6) is 5.75 Å². The van der Waals surface area contributed by atoms with Gasteiger partial charge in [0.2, 0.25) is 5.91 Å². The van der Waals surface area contributed by atoms with Gasteiger partial charge in [0.1, 0.15) is 11.8 Å². The number of amides is 2. The van der Waals surface area contributed by atoms with Gasteiger partial charge in [-0.3, -0.25) is 9.59 Å². The number of hydrogen-bond acceptors (Lipinski definition) is 4. The van der Waals surface area contributed by atoms with Gasteiger partial charge in [0.25, 0.3) is 5.91 Å². The lowest BCUT2D eigenvalue weighted by Crippen LogP contribution is -2.35. The van der Waals surface area contributed by atoms with Crippen LogP contribution in [-0.4, -0.2) is 25.0 Å². The zero-order chi connectivity index (χ0) is 18.1. The largest absolute Gasteiger partial charge is 0.495 e. The lowest BCUT2D eigenvalue weighted by Gasteiger charge is -2.20. The number of benzene rings is 2. The molecule has 25 heavy (non-hydrogen) atoms. The van der Waals surface area contributed by atoms with Crippen molar-refractivity contribution in [2.45, 2.75) is 26.3 Å². The molecule has 0 radical (unpaired) electrons. The normalized spacial score (nSPS) is 17.1. The molecule has 3 rings (SSSR count). The standard InChI is InChI=1S/C19H19ClN2O3/c1-11-5-4-6-13(7-11)21-15-10-18(23)22(19(15)24)16-8-12(2)14(20)9-17(16)25-3/h4-9,15,21H,10H2,1-3H3/t15-/m1/s1. The Bertz CT molecular complexity index is 851. The fourth-order valence-corrected chi connectivity index (χ4v) is 3.07. The molecule has 1 aliphatic rings. The van der Waals surface area contributed by atoms with Gasteiger partial charge < -0.3 is 10.1 Å². The van der Waals surface area contributed by atoms with E-state index in [0.717, 1.165) is 16.8 Å². The van der Waals surface area contributed by atoms with Gasteiger partial charge in [-0.2, -0.15) is 0 Å². The van der Waals surface area contributed by atoms with Crippen molar-refractivity contribution in [2.75, 3.05) is 17.3 Å². The van der Waals surface area contributed by atoms with Crippen molar-refractivity contribution in [3.05, 3.63) is 52.5 Å². The van der Waals surface area contributed by atoms with Gasteiger partial charge in [-0.25, -0.2) is 4.90 Å². The zero-order valence-electron chi connectivity index (χ0n) is 14.3. The fraction of sp³-hybridized carbons (Fsp3) is 0.263. The minimum atomic E-state index is -0.602. The summed E-state index contributed by atoms with van der Waals surface area (Å²) in [4.78, 5) is 26.5. The summed E-state index contributed by atoms with van der Waals surface area (Å²) in [5.41, 5.74) is 3.09. The Morgan fingerprint density at radius 2 is 1.96 bits per heavy atom. The van der Waals surface area contributed by atoms with Crippen LogP contribution in [0.4, 0.5) is 11.4 Å². The first-order valence-corrected chi connectivity index (χ1v) is 8.32. The molecule has 0 saturated carbocycles. The van der Waals surface area contributed by atoms with Gasteiger partial charge in [0.05, 0.1) is 19.2 Å². The van der Waals surface area contributed by atoms with Crippen molar-refractivity contribution in [2.24, 2.45) is 0 Å². The van der Waals surface area contributed by atoms with Crippen molar-refractivity contribution in [3.63, 3.8) is 0 Å². The Kier molecular flexibility index (Phi) is 4.68. The third kappa shape index (κ3) is 3.33. The second-order valence-electron chi connectivity index (χ2n) is 6.11. The van der Waals surface area contributed by atoms with Crippen LogP contribution in [0, 0.1) is 13.8 Å². The molecule has 0 bridgehead atoms. The summed E-state index contributed by atoms with van der Waals surface area (Å²) in [7, 11) is 1.48. The van der Waals surface area contributed by atoms with Crippen molar-refractivity contribution in [3.8, 4) is 5.75 Å². The summed E-state index contributed by atoms with van der Waals surface area (Å²) >= 11 is 6.11. The molecule has 1 fully saturated rings. The van der Waals surface area contributed by atoms with E-state index in [2.05, 4.69) is 5.32 Å². The number of anilines is 2. The van der Waals surface area contributed by atoms with Crippen molar-refractivity contribution in [1.82, 2.24) is 0 Å². The molecule has 1 atom stereocenters. The molecule has 1 heterocycles. The Morgan fingerprint density at radius 1 is 1.20 bits per heavy atom. The molecule has 6 heteroatoms. The predicted molar refractivity (Wildman–Crippen MR) is 98.4 cm³/mol. The molecule has 5 nitrogen and oxygen atoms in total. The number of imide groups is 1. The van der Waals surface area contributed by atoms with Gasteiger partial charge >= 0.3 is 0 Å². The molecule has 2 amide bonds. The highest BCUT2D eigenvalue weighted by Crippen LogP contribution is 2.36. The number of ether oxygens (including phenoxy) is 1. The van der Waals surface area contributed by atoms with Crippen molar-refractivity contribution in [1.29, 1.82) is 0 Å². The average Bonchev–Trinajstić information content (AvgIpc) is 2.83. The van der Waals surface area contributed by atoms with E-state index in [1.54, 1.807) is 12.1 Å². The molecular weight excluding hydrogens is 340 g/mol. The third-order valence-corrected chi connectivity index (χ3v) is 4.61. The lowest BCUT2D eigenvalue weighted by atomic mass is 10.2. The number of nitrogens with zero attached hydrogens (tertiary/aromatic N) is 1. The number of nitrogens with one attached hydrogen (secondary N) is 1. The maximum Gasteiger partial charge on any atom is 0.256 e. The summed E-state index contributed by atoms with van der Waals surface area (Å²) in [6.07, 6.45) is 0.0948. The van der Waals surface area contributed by atoms with Crippen LogP contribution in [-0.2, 0) is 9.59 Å². The Balaban J connectivity index is 1.91. The third-order valence-electron chi connectivity index (χ3n) is 4.21. The van der Waals surface area contributed by atoms with Crippen LogP contribution in [0.2, 0.25) is 5.02 Å². The Labute approximate surface area is 151 Å². The molecule has 0 aromatic heterocycles. The highest BCUT2D eigenvalue weighted by Gasteiger charge is 2.41. The van der Waals surface area contributed by atoms with Gasteiger partial charge in [-0.1, -0.05) is 23.7 Å². The molecule has 2 aromatic rings. The maximum absolute atomic E-state index is 12.8. The molecule has 2 aromatic carbocycles. The quantitative estimate of drug-likeness (QED) is 0.846. The number of methoxy groups -OCH3 is 1. The number of rotatable bonds is 4. The van der Waals surface area contributed by atoms with Crippen LogP contribution in [0.25, 0.3) is 0 Å². The highest BCUT2D eigenvalue weighted by atomic mass is 35.5. The van der Waals surface area contributed by atoms with Crippen LogP contribution in [0.1, 0.15) is 17.5 Å². The molecule has 1 aliphatic heterocycles. The average molecular weight is 359 g/mol. The van der Waals surface area contributed by atoms with E-state index in [0.29, 0.717) is 16.5 Å². The SMILES string of the molecule is COc1cc(Cl)c(C)cc1N1C(=O)C[C@@H](Nc2cccc(C)c2)C1=O.